The summed E-state index contributed by atoms with van der Waals surface area (Å²) in [6.45, 7) is 3.98. The zero-order chi connectivity index (χ0) is 21.2. The minimum absolute atomic E-state index is 0.00617. The number of hydrogen-bond donors (Lipinski definition) is 1. The van der Waals surface area contributed by atoms with Gasteiger partial charge in [-0.1, -0.05) is 31.2 Å². The van der Waals surface area contributed by atoms with E-state index in [2.05, 4.69) is 5.32 Å². The van der Waals surface area contributed by atoms with Crippen molar-refractivity contribution in [3.05, 3.63) is 59.9 Å². The van der Waals surface area contributed by atoms with Crippen molar-refractivity contribution in [2.45, 2.75) is 32.9 Å². The molecule has 0 aromatic heterocycles. The normalized spacial score (nSPS) is 11.4. The van der Waals surface area contributed by atoms with Gasteiger partial charge in [0, 0.05) is 13.1 Å². The standard InChI is InChI=1S/C22H27FN2O4/c1-4-13-24-22(27)16(2)25(14-17-9-11-18(28-3)12-10-17)21(26)15-29-20-8-6-5-7-19(20)23/h5-12,16H,4,13-15H2,1-3H3,(H,24,27)/t16-/m0/s1. The third-order valence-corrected chi connectivity index (χ3v) is 4.42. The van der Waals surface area contributed by atoms with Gasteiger partial charge in [0.15, 0.2) is 18.2 Å². The number of para-hydroxylation sites is 1. The fourth-order valence-electron chi connectivity index (χ4n) is 2.69. The monoisotopic (exact) mass is 402 g/mol. The average Bonchev–Trinajstić information content (AvgIpc) is 2.75. The van der Waals surface area contributed by atoms with Crippen LogP contribution in [0.1, 0.15) is 25.8 Å². The smallest absolute Gasteiger partial charge is 0.261 e. The molecule has 2 rings (SSSR count). The zero-order valence-electron chi connectivity index (χ0n) is 17.0. The van der Waals surface area contributed by atoms with Gasteiger partial charge in [-0.25, -0.2) is 4.39 Å². The summed E-state index contributed by atoms with van der Waals surface area (Å²) in [5, 5.41) is 2.80. The Hall–Kier alpha value is -3.09. The van der Waals surface area contributed by atoms with Crippen molar-refractivity contribution in [2.24, 2.45) is 0 Å². The molecule has 156 valence electrons. The third kappa shape index (κ3) is 6.48. The van der Waals surface area contributed by atoms with Crippen molar-refractivity contribution >= 4 is 11.8 Å². The van der Waals surface area contributed by atoms with E-state index in [0.717, 1.165) is 12.0 Å². The highest BCUT2D eigenvalue weighted by molar-refractivity contribution is 5.87. The van der Waals surface area contributed by atoms with Crippen LogP contribution < -0.4 is 14.8 Å². The molecule has 2 aromatic carbocycles. The maximum absolute atomic E-state index is 13.8. The van der Waals surface area contributed by atoms with E-state index in [9.17, 15) is 14.0 Å². The number of nitrogens with one attached hydrogen (secondary N) is 1. The predicted molar refractivity (Wildman–Crippen MR) is 108 cm³/mol. The Morgan fingerprint density at radius 1 is 1.14 bits per heavy atom. The van der Waals surface area contributed by atoms with Gasteiger partial charge in [0.1, 0.15) is 11.8 Å². The average molecular weight is 402 g/mol. The zero-order valence-corrected chi connectivity index (χ0v) is 17.0. The van der Waals surface area contributed by atoms with E-state index in [1.54, 1.807) is 38.3 Å². The molecule has 0 heterocycles. The highest BCUT2D eigenvalue weighted by Gasteiger charge is 2.26. The highest BCUT2D eigenvalue weighted by atomic mass is 19.1. The maximum Gasteiger partial charge on any atom is 0.261 e. The summed E-state index contributed by atoms with van der Waals surface area (Å²) < 4.78 is 24.3. The molecular formula is C22H27FN2O4. The largest absolute Gasteiger partial charge is 0.497 e. The van der Waals surface area contributed by atoms with Gasteiger partial charge in [0.2, 0.25) is 5.91 Å². The fourth-order valence-corrected chi connectivity index (χ4v) is 2.69. The first-order valence-electron chi connectivity index (χ1n) is 9.53. The highest BCUT2D eigenvalue weighted by Crippen LogP contribution is 2.17. The molecule has 0 unspecified atom stereocenters. The lowest BCUT2D eigenvalue weighted by Gasteiger charge is -2.28. The van der Waals surface area contributed by atoms with Crippen molar-refractivity contribution in [1.82, 2.24) is 10.2 Å². The van der Waals surface area contributed by atoms with E-state index in [1.807, 2.05) is 19.1 Å². The fraction of sp³-hybridized carbons (Fsp3) is 0.364. The minimum Gasteiger partial charge on any atom is -0.497 e. The summed E-state index contributed by atoms with van der Waals surface area (Å²) in [6.07, 6.45) is 0.793. The summed E-state index contributed by atoms with van der Waals surface area (Å²) in [5.41, 5.74) is 0.834. The van der Waals surface area contributed by atoms with Crippen LogP contribution in [0.2, 0.25) is 0 Å². The first-order chi connectivity index (χ1) is 14.0. The number of nitrogens with zero attached hydrogens (tertiary/aromatic N) is 1. The van der Waals surface area contributed by atoms with Gasteiger partial charge in [-0.2, -0.15) is 0 Å². The van der Waals surface area contributed by atoms with Crippen LogP contribution in [0.3, 0.4) is 0 Å². The molecule has 0 aliphatic rings. The van der Waals surface area contributed by atoms with Gasteiger partial charge < -0.3 is 19.7 Å². The molecule has 2 aromatic rings. The van der Waals surface area contributed by atoms with Crippen LogP contribution in [-0.2, 0) is 16.1 Å². The summed E-state index contributed by atoms with van der Waals surface area (Å²) in [6, 6.07) is 12.4. The molecule has 2 amide bonds. The molecule has 0 aliphatic carbocycles. The van der Waals surface area contributed by atoms with E-state index >= 15 is 0 Å². The number of carbonyl (C=O) groups is 2. The molecular weight excluding hydrogens is 375 g/mol. The van der Waals surface area contributed by atoms with Gasteiger partial charge in [-0.15, -0.1) is 0 Å². The Morgan fingerprint density at radius 3 is 2.45 bits per heavy atom. The van der Waals surface area contributed by atoms with Crippen molar-refractivity contribution in [2.75, 3.05) is 20.3 Å². The molecule has 29 heavy (non-hydrogen) atoms. The molecule has 6 nitrogen and oxygen atoms in total. The van der Waals surface area contributed by atoms with E-state index in [4.69, 9.17) is 9.47 Å². The molecule has 0 saturated heterocycles. The van der Waals surface area contributed by atoms with Crippen molar-refractivity contribution in [3.8, 4) is 11.5 Å². The molecule has 0 radical (unpaired) electrons. The van der Waals surface area contributed by atoms with Gasteiger partial charge in [0.25, 0.3) is 5.91 Å². The quantitative estimate of drug-likeness (QED) is 0.663. The summed E-state index contributed by atoms with van der Waals surface area (Å²) in [4.78, 5) is 26.7. The topological polar surface area (TPSA) is 67.9 Å². The number of halogens is 1. The number of benzene rings is 2. The lowest BCUT2D eigenvalue weighted by atomic mass is 10.1. The molecule has 0 bridgehead atoms. The molecule has 0 saturated carbocycles. The number of amides is 2. The Morgan fingerprint density at radius 2 is 1.83 bits per heavy atom. The number of ether oxygens (including phenoxy) is 2. The van der Waals surface area contributed by atoms with Crippen LogP contribution in [0.15, 0.2) is 48.5 Å². The van der Waals surface area contributed by atoms with Gasteiger partial charge in [-0.3, -0.25) is 9.59 Å². The maximum atomic E-state index is 13.8. The molecule has 1 N–H and O–H groups in total. The second kappa shape index (κ2) is 11.0. The second-order valence-corrected chi connectivity index (χ2v) is 6.56. The third-order valence-electron chi connectivity index (χ3n) is 4.42. The van der Waals surface area contributed by atoms with E-state index in [1.165, 1.54) is 17.0 Å². The van der Waals surface area contributed by atoms with Gasteiger partial charge in [-0.05, 0) is 43.2 Å². The Bertz CT molecular complexity index is 811. The summed E-state index contributed by atoms with van der Waals surface area (Å²) in [7, 11) is 1.57. The van der Waals surface area contributed by atoms with E-state index in [0.29, 0.717) is 12.3 Å². The minimum atomic E-state index is -0.708. The summed E-state index contributed by atoms with van der Waals surface area (Å²) in [5.74, 6) is -0.518. The Kier molecular flexibility index (Phi) is 8.45. The molecule has 1 atom stereocenters. The number of hydrogen-bond acceptors (Lipinski definition) is 4. The van der Waals surface area contributed by atoms with E-state index in [-0.39, 0.29) is 24.8 Å². The lowest BCUT2D eigenvalue weighted by molar-refractivity contribution is -0.142. The van der Waals surface area contributed by atoms with Gasteiger partial charge in [0.05, 0.1) is 7.11 Å². The SMILES string of the molecule is CCCNC(=O)[C@H](C)N(Cc1ccc(OC)cc1)C(=O)COc1ccccc1F. The lowest BCUT2D eigenvalue weighted by Crippen LogP contribution is -2.49. The first-order valence-corrected chi connectivity index (χ1v) is 9.53. The van der Waals surface area contributed by atoms with Crippen LogP contribution >= 0.6 is 0 Å². The van der Waals surface area contributed by atoms with Crippen LogP contribution in [0.25, 0.3) is 0 Å². The van der Waals surface area contributed by atoms with Crippen LogP contribution in [0.4, 0.5) is 4.39 Å². The molecule has 7 heteroatoms. The number of methoxy groups -OCH3 is 1. The molecule has 0 spiro atoms. The first kappa shape index (κ1) is 22.2. The van der Waals surface area contributed by atoms with Crippen molar-refractivity contribution in [1.29, 1.82) is 0 Å². The summed E-state index contributed by atoms with van der Waals surface area (Å²) >= 11 is 0. The number of carbonyl (C=O) groups excluding carboxylic acids is 2. The van der Waals surface area contributed by atoms with Crippen LogP contribution in [0.5, 0.6) is 11.5 Å². The number of rotatable bonds is 10. The molecule has 0 aliphatic heterocycles. The van der Waals surface area contributed by atoms with Crippen molar-refractivity contribution < 1.29 is 23.5 Å². The van der Waals surface area contributed by atoms with Crippen molar-refractivity contribution in [3.63, 3.8) is 0 Å². The Balaban J connectivity index is 2.14. The Labute approximate surface area is 170 Å². The van der Waals surface area contributed by atoms with Crippen LogP contribution in [0, 0.1) is 5.82 Å². The van der Waals surface area contributed by atoms with Gasteiger partial charge >= 0.3 is 0 Å². The molecule has 0 fully saturated rings. The predicted octanol–water partition coefficient (Wildman–Crippen LogP) is 3.16. The second-order valence-electron chi connectivity index (χ2n) is 6.56. The van der Waals surface area contributed by atoms with E-state index < -0.39 is 17.8 Å². The van der Waals surface area contributed by atoms with Crippen LogP contribution in [-0.4, -0.2) is 43.0 Å².